The van der Waals surface area contributed by atoms with Crippen LogP contribution in [0.15, 0.2) is 48.7 Å². The van der Waals surface area contributed by atoms with Gasteiger partial charge >= 0.3 is 12.1 Å². The van der Waals surface area contributed by atoms with Gasteiger partial charge in [0.15, 0.2) is 0 Å². The lowest BCUT2D eigenvalue weighted by Crippen LogP contribution is -2.49. The summed E-state index contributed by atoms with van der Waals surface area (Å²) in [4.78, 5) is 28.0. The summed E-state index contributed by atoms with van der Waals surface area (Å²) in [5, 5.41) is 27.1. The Bertz CT molecular complexity index is 1290. The molecule has 0 fully saturated rings. The normalized spacial score (nSPS) is 13.5. The number of ether oxygens (including phenoxy) is 1. The second kappa shape index (κ2) is 10.3. The fourth-order valence-electron chi connectivity index (χ4n) is 4.14. The third kappa shape index (κ3) is 6.36. The molecular weight excluding hydrogens is 456 g/mol. The summed E-state index contributed by atoms with van der Waals surface area (Å²) in [6.07, 6.45) is 1.51. The number of nitriles is 1. The Morgan fingerprint density at radius 1 is 1.08 bits per heavy atom. The first-order valence-corrected chi connectivity index (χ1v) is 11.9. The Balaban J connectivity index is 2.03. The van der Waals surface area contributed by atoms with Crippen LogP contribution in [0.25, 0.3) is 10.9 Å². The topological polar surface area (TPSA) is 127 Å². The average Bonchev–Trinajstić information content (AvgIpc) is 3.17. The van der Waals surface area contributed by atoms with Gasteiger partial charge in [0.1, 0.15) is 11.6 Å². The molecule has 2 aromatic carbocycles. The van der Waals surface area contributed by atoms with Crippen LogP contribution in [0.4, 0.5) is 10.5 Å². The summed E-state index contributed by atoms with van der Waals surface area (Å²) in [6, 6.07) is 13.4. The highest BCUT2D eigenvalue weighted by Gasteiger charge is 2.30. The molecule has 4 N–H and O–H groups in total. The van der Waals surface area contributed by atoms with E-state index in [4.69, 9.17) is 4.74 Å². The molecule has 3 rings (SSSR count). The number of hydrogen-bond acceptors (Lipinski definition) is 5. The van der Waals surface area contributed by atoms with Gasteiger partial charge in [-0.1, -0.05) is 51.1 Å². The largest absolute Gasteiger partial charge is 0.478 e. The van der Waals surface area contributed by atoms with Crippen LogP contribution in [0.2, 0.25) is 0 Å². The zero-order valence-corrected chi connectivity index (χ0v) is 21.6. The predicted octanol–water partition coefficient (Wildman–Crippen LogP) is 5.60. The minimum Gasteiger partial charge on any atom is -0.478 e. The molecule has 0 bridgehead atoms. The van der Waals surface area contributed by atoms with Gasteiger partial charge in [0, 0.05) is 17.1 Å². The first-order chi connectivity index (χ1) is 16.8. The summed E-state index contributed by atoms with van der Waals surface area (Å²) in [6.45, 7) is 11.2. The van der Waals surface area contributed by atoms with Crippen LogP contribution >= 0.6 is 0 Å². The lowest BCUT2D eigenvalue weighted by atomic mass is 9.84. The highest BCUT2D eigenvalue weighted by atomic mass is 16.6. The fraction of sp³-hybridized carbons (Fsp3) is 0.393. The van der Waals surface area contributed by atoms with E-state index in [1.54, 1.807) is 26.8 Å². The van der Waals surface area contributed by atoms with Crippen LogP contribution in [0.1, 0.15) is 63.0 Å². The molecule has 0 saturated heterocycles. The van der Waals surface area contributed by atoms with Crippen molar-refractivity contribution >= 4 is 28.7 Å². The van der Waals surface area contributed by atoms with E-state index in [2.05, 4.69) is 21.7 Å². The molecular formula is C28H34N4O4. The minimum absolute atomic E-state index is 0.0609. The van der Waals surface area contributed by atoms with Gasteiger partial charge in [0.2, 0.25) is 0 Å². The van der Waals surface area contributed by atoms with Crippen molar-refractivity contribution in [3.8, 4) is 6.07 Å². The summed E-state index contributed by atoms with van der Waals surface area (Å²) in [5.41, 5.74) is 1.92. The number of aromatic carboxylic acids is 1. The lowest BCUT2D eigenvalue weighted by molar-refractivity contribution is 0.0501. The Hall–Kier alpha value is -3.99. The summed E-state index contributed by atoms with van der Waals surface area (Å²) in [5.74, 6) is -1.10. The van der Waals surface area contributed by atoms with Crippen molar-refractivity contribution in [3.05, 3.63) is 65.4 Å². The molecule has 0 saturated carbocycles. The molecule has 1 heterocycles. The van der Waals surface area contributed by atoms with Gasteiger partial charge in [-0.25, -0.2) is 9.59 Å². The van der Waals surface area contributed by atoms with Gasteiger partial charge < -0.3 is 25.5 Å². The Morgan fingerprint density at radius 3 is 2.39 bits per heavy atom. The van der Waals surface area contributed by atoms with E-state index < -0.39 is 35.2 Å². The zero-order valence-electron chi connectivity index (χ0n) is 21.6. The molecule has 0 spiro atoms. The molecule has 190 valence electrons. The van der Waals surface area contributed by atoms with Gasteiger partial charge in [-0.05, 0) is 55.9 Å². The highest BCUT2D eigenvalue weighted by molar-refractivity contribution is 5.95. The summed E-state index contributed by atoms with van der Waals surface area (Å²) >= 11 is 0. The SMILES string of the molecule is CC(C)(C)OC(=O)N[C@@H](Cc1c[nH]c2ccccc12)C(C#N)Nc1c(C(=O)O)cccc1C(C)(C)C. The maximum absolute atomic E-state index is 12.8. The van der Waals surface area contributed by atoms with E-state index in [-0.39, 0.29) is 5.56 Å². The Morgan fingerprint density at radius 2 is 1.78 bits per heavy atom. The summed E-state index contributed by atoms with van der Waals surface area (Å²) < 4.78 is 5.47. The number of fused-ring (bicyclic) bond motifs is 1. The number of carbonyl (C=O) groups excluding carboxylic acids is 1. The van der Waals surface area contributed by atoms with Crippen LogP contribution < -0.4 is 10.6 Å². The smallest absolute Gasteiger partial charge is 0.407 e. The summed E-state index contributed by atoms with van der Waals surface area (Å²) in [7, 11) is 0. The monoisotopic (exact) mass is 490 g/mol. The van der Waals surface area contributed by atoms with E-state index in [9.17, 15) is 20.0 Å². The standard InChI is InChI=1S/C28H34N4O4/c1-27(2,3)20-12-9-11-19(25(33)34)24(20)31-23(15-29)22(32-26(35)36-28(4,5)6)14-17-16-30-21-13-8-7-10-18(17)21/h7-13,16,22-23,30-31H,14H2,1-6H3,(H,32,35)(H,33,34)/t22-,23?/m0/s1. The van der Waals surface area contributed by atoms with E-state index in [1.807, 2.05) is 57.3 Å². The minimum atomic E-state index is -1.10. The fourth-order valence-corrected chi connectivity index (χ4v) is 4.14. The Labute approximate surface area is 211 Å². The second-order valence-electron chi connectivity index (χ2n) is 10.9. The van der Waals surface area contributed by atoms with Gasteiger partial charge in [-0.2, -0.15) is 5.26 Å². The lowest BCUT2D eigenvalue weighted by Gasteiger charge is -2.30. The number of hydrogen-bond donors (Lipinski definition) is 4. The van der Waals surface area contributed by atoms with Crippen molar-refractivity contribution in [2.45, 2.75) is 71.1 Å². The van der Waals surface area contributed by atoms with Crippen LogP contribution in [0, 0.1) is 11.3 Å². The number of carbonyl (C=O) groups is 2. The zero-order chi connectivity index (χ0) is 26.7. The van der Waals surface area contributed by atoms with E-state index in [1.165, 1.54) is 6.07 Å². The number of alkyl carbamates (subject to hydrolysis) is 1. The predicted molar refractivity (Wildman–Crippen MR) is 140 cm³/mol. The molecule has 0 aliphatic heterocycles. The maximum Gasteiger partial charge on any atom is 0.407 e. The van der Waals surface area contributed by atoms with E-state index >= 15 is 0 Å². The molecule has 3 aromatic rings. The first kappa shape index (κ1) is 26.6. The number of rotatable bonds is 7. The third-order valence-corrected chi connectivity index (χ3v) is 5.76. The molecule has 0 aliphatic rings. The number of para-hydroxylation sites is 2. The van der Waals surface area contributed by atoms with Gasteiger partial charge in [0.25, 0.3) is 0 Å². The highest BCUT2D eigenvalue weighted by Crippen LogP contribution is 2.33. The molecule has 1 amide bonds. The molecule has 36 heavy (non-hydrogen) atoms. The Kier molecular flexibility index (Phi) is 7.63. The van der Waals surface area contributed by atoms with Crippen molar-refractivity contribution in [2.24, 2.45) is 0 Å². The van der Waals surface area contributed by atoms with Gasteiger partial charge in [-0.3, -0.25) is 0 Å². The number of amides is 1. The maximum atomic E-state index is 12.8. The average molecular weight is 491 g/mol. The van der Waals surface area contributed by atoms with Crippen LogP contribution in [0.3, 0.4) is 0 Å². The number of H-pyrrole nitrogens is 1. The molecule has 8 heteroatoms. The number of nitrogens with one attached hydrogen (secondary N) is 3. The number of nitrogens with zero attached hydrogens (tertiary/aromatic N) is 1. The quantitative estimate of drug-likeness (QED) is 0.341. The molecule has 1 unspecified atom stereocenters. The number of aromatic nitrogens is 1. The molecule has 8 nitrogen and oxygen atoms in total. The van der Waals surface area contributed by atoms with E-state index in [0.29, 0.717) is 12.1 Å². The number of aromatic amines is 1. The van der Waals surface area contributed by atoms with Crippen molar-refractivity contribution in [1.82, 2.24) is 10.3 Å². The van der Waals surface area contributed by atoms with Crippen LogP contribution in [-0.2, 0) is 16.6 Å². The number of carboxylic acid groups (broad SMARTS) is 1. The number of benzene rings is 2. The second-order valence-corrected chi connectivity index (χ2v) is 10.9. The molecule has 1 aromatic heterocycles. The molecule has 0 aliphatic carbocycles. The first-order valence-electron chi connectivity index (χ1n) is 11.9. The van der Waals surface area contributed by atoms with Gasteiger partial charge in [-0.15, -0.1) is 0 Å². The van der Waals surface area contributed by atoms with Crippen molar-refractivity contribution in [1.29, 1.82) is 5.26 Å². The number of carboxylic acids is 1. The number of anilines is 1. The van der Waals surface area contributed by atoms with Crippen LogP contribution in [0.5, 0.6) is 0 Å². The van der Waals surface area contributed by atoms with Crippen LogP contribution in [-0.4, -0.2) is 39.8 Å². The van der Waals surface area contributed by atoms with Gasteiger partial charge in [0.05, 0.1) is 23.4 Å². The van der Waals surface area contributed by atoms with E-state index in [0.717, 1.165) is 22.0 Å². The van der Waals surface area contributed by atoms with Crippen molar-refractivity contribution < 1.29 is 19.4 Å². The molecule has 2 atom stereocenters. The van der Waals surface area contributed by atoms with Crippen molar-refractivity contribution in [2.75, 3.05) is 5.32 Å². The van der Waals surface area contributed by atoms with Crippen molar-refractivity contribution in [3.63, 3.8) is 0 Å². The third-order valence-electron chi connectivity index (χ3n) is 5.76. The molecule has 0 radical (unpaired) electrons.